The number of nitrogens with zero attached hydrogens (tertiary/aromatic N) is 3. The number of likely N-dealkylation sites (tertiary alicyclic amines) is 1. The van der Waals surface area contributed by atoms with E-state index in [0.29, 0.717) is 24.6 Å². The summed E-state index contributed by atoms with van der Waals surface area (Å²) in [6.45, 7) is 2.82. The van der Waals surface area contributed by atoms with E-state index in [4.69, 9.17) is 4.52 Å². The minimum Gasteiger partial charge on any atom is -0.337 e. The second kappa shape index (κ2) is 7.57. The summed E-state index contributed by atoms with van der Waals surface area (Å²) < 4.78 is 5.44. The van der Waals surface area contributed by atoms with Crippen molar-refractivity contribution >= 4 is 5.91 Å². The zero-order valence-electron chi connectivity index (χ0n) is 14.2. The molecule has 1 aromatic carbocycles. The molecule has 2 atom stereocenters. The summed E-state index contributed by atoms with van der Waals surface area (Å²) in [5.74, 6) is 1.37. The van der Waals surface area contributed by atoms with Crippen molar-refractivity contribution in [2.75, 3.05) is 13.6 Å². The van der Waals surface area contributed by atoms with Gasteiger partial charge >= 0.3 is 0 Å². The van der Waals surface area contributed by atoms with Crippen LogP contribution in [-0.2, 0) is 17.6 Å². The van der Waals surface area contributed by atoms with Crippen molar-refractivity contribution in [3.8, 4) is 0 Å². The number of hydrogen-bond acceptors (Lipinski definition) is 5. The summed E-state index contributed by atoms with van der Waals surface area (Å²) in [5.41, 5.74) is 1.03. The van der Waals surface area contributed by atoms with Gasteiger partial charge in [0.15, 0.2) is 5.82 Å². The number of aromatic nitrogens is 2. The molecule has 0 saturated carbocycles. The molecular formula is C18H24N4O2. The van der Waals surface area contributed by atoms with Crippen LogP contribution in [-0.4, -0.2) is 40.6 Å². The Labute approximate surface area is 142 Å². The van der Waals surface area contributed by atoms with Crippen molar-refractivity contribution in [3.05, 3.63) is 47.6 Å². The first-order valence-electron chi connectivity index (χ1n) is 8.50. The van der Waals surface area contributed by atoms with Crippen LogP contribution < -0.4 is 5.32 Å². The first-order chi connectivity index (χ1) is 11.7. The van der Waals surface area contributed by atoms with Crippen molar-refractivity contribution in [2.45, 2.75) is 44.7 Å². The predicted molar refractivity (Wildman–Crippen MR) is 90.4 cm³/mol. The molecule has 3 rings (SSSR count). The molecule has 2 unspecified atom stereocenters. The number of benzene rings is 1. The van der Waals surface area contributed by atoms with Crippen molar-refractivity contribution in [1.82, 2.24) is 20.4 Å². The highest BCUT2D eigenvalue weighted by Gasteiger charge is 2.33. The lowest BCUT2D eigenvalue weighted by atomic mass is 10.1. The summed E-state index contributed by atoms with van der Waals surface area (Å²) in [4.78, 5) is 19.0. The maximum absolute atomic E-state index is 12.7. The Hall–Kier alpha value is -2.21. The van der Waals surface area contributed by atoms with Crippen LogP contribution in [0, 0.1) is 0 Å². The van der Waals surface area contributed by atoms with Crippen LogP contribution in [0.25, 0.3) is 0 Å². The molecule has 1 fully saturated rings. The van der Waals surface area contributed by atoms with Gasteiger partial charge in [-0.2, -0.15) is 4.98 Å². The molecule has 24 heavy (non-hydrogen) atoms. The third kappa shape index (κ3) is 3.82. The normalized spacial score (nSPS) is 18.8. The van der Waals surface area contributed by atoms with E-state index in [1.54, 1.807) is 0 Å². The van der Waals surface area contributed by atoms with Gasteiger partial charge in [-0.25, -0.2) is 0 Å². The molecule has 1 amide bonds. The smallest absolute Gasteiger partial charge is 0.249 e. The summed E-state index contributed by atoms with van der Waals surface area (Å²) in [6, 6.07) is 10.0. The van der Waals surface area contributed by atoms with Gasteiger partial charge in [0.25, 0.3) is 0 Å². The number of hydrogen-bond donors (Lipinski definition) is 1. The van der Waals surface area contributed by atoms with Crippen molar-refractivity contribution in [1.29, 1.82) is 0 Å². The fourth-order valence-electron chi connectivity index (χ4n) is 3.06. The number of nitrogens with one attached hydrogen (secondary N) is 1. The van der Waals surface area contributed by atoms with Crippen LogP contribution in [0.4, 0.5) is 0 Å². The maximum Gasteiger partial charge on any atom is 0.249 e. The van der Waals surface area contributed by atoms with Crippen LogP contribution in [0.15, 0.2) is 34.9 Å². The van der Waals surface area contributed by atoms with E-state index in [-0.39, 0.29) is 18.0 Å². The van der Waals surface area contributed by atoms with Gasteiger partial charge in [0.05, 0.1) is 6.42 Å². The molecule has 1 aromatic heterocycles. The van der Waals surface area contributed by atoms with Gasteiger partial charge in [-0.15, -0.1) is 0 Å². The number of rotatable bonds is 6. The highest BCUT2D eigenvalue weighted by molar-refractivity contribution is 5.79. The predicted octanol–water partition coefficient (Wildman–Crippen LogP) is 2.13. The number of amides is 1. The quantitative estimate of drug-likeness (QED) is 0.879. The van der Waals surface area contributed by atoms with E-state index in [9.17, 15) is 4.79 Å². The van der Waals surface area contributed by atoms with E-state index in [2.05, 4.69) is 22.4 Å². The van der Waals surface area contributed by atoms with Crippen LogP contribution in [0.2, 0.25) is 0 Å². The molecule has 2 aromatic rings. The van der Waals surface area contributed by atoms with E-state index < -0.39 is 0 Å². The lowest BCUT2D eigenvalue weighted by molar-refractivity contribution is -0.131. The Balaban J connectivity index is 1.68. The third-order valence-electron chi connectivity index (χ3n) is 4.52. The van der Waals surface area contributed by atoms with Gasteiger partial charge in [-0.05, 0) is 32.4 Å². The molecule has 128 valence electrons. The molecule has 0 aliphatic carbocycles. The standard InChI is InChI=1S/C18H24N4O2/c1-13(19-2)11-16-20-18(24-21-16)15-9-6-10-22(15)17(23)12-14-7-4-3-5-8-14/h3-5,7-8,13,15,19H,6,9-12H2,1-2H3. The number of likely N-dealkylation sites (N-methyl/N-ethyl adjacent to an activating group) is 1. The average molecular weight is 328 g/mol. The van der Waals surface area contributed by atoms with Crippen LogP contribution in [0.1, 0.15) is 43.1 Å². The van der Waals surface area contributed by atoms with Crippen molar-refractivity contribution < 1.29 is 9.32 Å². The Morgan fingerprint density at radius 3 is 2.96 bits per heavy atom. The molecule has 2 heterocycles. The summed E-state index contributed by atoms with van der Waals surface area (Å²) in [5, 5.41) is 7.22. The summed E-state index contributed by atoms with van der Waals surface area (Å²) in [7, 11) is 1.91. The number of carbonyl (C=O) groups excluding carboxylic acids is 1. The molecule has 1 aliphatic heterocycles. The lowest BCUT2D eigenvalue weighted by Crippen LogP contribution is -2.32. The van der Waals surface area contributed by atoms with Crippen molar-refractivity contribution in [2.24, 2.45) is 0 Å². The van der Waals surface area contributed by atoms with Gasteiger partial charge < -0.3 is 14.7 Å². The SMILES string of the molecule is CNC(C)Cc1noc(C2CCCN2C(=O)Cc2ccccc2)n1. The van der Waals surface area contributed by atoms with E-state index in [1.165, 1.54) is 0 Å². The molecule has 1 aliphatic rings. The Kier molecular flexibility index (Phi) is 5.25. The first-order valence-corrected chi connectivity index (χ1v) is 8.50. The molecule has 1 saturated heterocycles. The molecule has 1 N–H and O–H groups in total. The van der Waals surface area contributed by atoms with Gasteiger partial charge in [0.1, 0.15) is 6.04 Å². The second-order valence-corrected chi connectivity index (χ2v) is 6.35. The molecule has 0 bridgehead atoms. The average Bonchev–Trinajstić information content (AvgIpc) is 3.24. The lowest BCUT2D eigenvalue weighted by Gasteiger charge is -2.21. The maximum atomic E-state index is 12.7. The molecular weight excluding hydrogens is 304 g/mol. The van der Waals surface area contributed by atoms with Crippen molar-refractivity contribution in [3.63, 3.8) is 0 Å². The monoisotopic (exact) mass is 328 g/mol. The fraction of sp³-hybridized carbons (Fsp3) is 0.500. The Bertz CT molecular complexity index is 671. The van der Waals surface area contributed by atoms with Crippen LogP contribution in [0.3, 0.4) is 0 Å². The zero-order chi connectivity index (χ0) is 16.9. The molecule has 0 spiro atoms. The molecule has 0 radical (unpaired) electrons. The topological polar surface area (TPSA) is 71.3 Å². The number of carbonyl (C=O) groups is 1. The first kappa shape index (κ1) is 16.6. The minimum atomic E-state index is -0.0904. The highest BCUT2D eigenvalue weighted by atomic mass is 16.5. The van der Waals surface area contributed by atoms with Crippen LogP contribution >= 0.6 is 0 Å². The molecule has 6 heteroatoms. The highest BCUT2D eigenvalue weighted by Crippen LogP contribution is 2.31. The Morgan fingerprint density at radius 2 is 2.21 bits per heavy atom. The van der Waals surface area contributed by atoms with E-state index in [1.807, 2.05) is 42.3 Å². The zero-order valence-corrected chi connectivity index (χ0v) is 14.2. The Morgan fingerprint density at radius 1 is 1.42 bits per heavy atom. The third-order valence-corrected chi connectivity index (χ3v) is 4.52. The fourth-order valence-corrected chi connectivity index (χ4v) is 3.06. The summed E-state index contributed by atoms with van der Waals surface area (Å²) >= 11 is 0. The van der Waals surface area contributed by atoms with Crippen LogP contribution in [0.5, 0.6) is 0 Å². The van der Waals surface area contributed by atoms with Gasteiger partial charge in [-0.1, -0.05) is 35.5 Å². The van der Waals surface area contributed by atoms with Gasteiger partial charge in [0.2, 0.25) is 11.8 Å². The van der Waals surface area contributed by atoms with E-state index >= 15 is 0 Å². The second-order valence-electron chi connectivity index (χ2n) is 6.35. The minimum absolute atomic E-state index is 0.0904. The van der Waals surface area contributed by atoms with Gasteiger partial charge in [-0.3, -0.25) is 4.79 Å². The van der Waals surface area contributed by atoms with E-state index in [0.717, 1.165) is 24.9 Å². The largest absolute Gasteiger partial charge is 0.337 e. The molecule has 6 nitrogen and oxygen atoms in total. The van der Waals surface area contributed by atoms with Gasteiger partial charge in [0, 0.05) is 19.0 Å². The summed E-state index contributed by atoms with van der Waals surface area (Å²) in [6.07, 6.45) is 2.97.